The maximum Gasteiger partial charge on any atom is 0.145 e. The average Bonchev–Trinajstić information content (AvgIpc) is 2.84. The van der Waals surface area contributed by atoms with Crippen LogP contribution in [0.25, 0.3) is 0 Å². The Balaban J connectivity index is 1.65. The molecule has 0 unspecified atom stereocenters. The van der Waals surface area contributed by atoms with Gasteiger partial charge in [0.1, 0.15) is 5.82 Å². The molecule has 19 heavy (non-hydrogen) atoms. The Bertz CT molecular complexity index is 368. The van der Waals surface area contributed by atoms with E-state index in [1.165, 1.54) is 32.5 Å². The lowest BCUT2D eigenvalue weighted by atomic mass is 10.0. The van der Waals surface area contributed by atoms with Crippen molar-refractivity contribution in [3.05, 3.63) is 12.3 Å². The van der Waals surface area contributed by atoms with E-state index in [-0.39, 0.29) is 0 Å². The normalized spacial score (nSPS) is 18.3. The molecule has 2 rings (SSSR count). The van der Waals surface area contributed by atoms with Crippen LogP contribution in [0.3, 0.4) is 0 Å². The molecule has 1 aromatic rings. The number of aromatic nitrogens is 2. The van der Waals surface area contributed by atoms with E-state index >= 15 is 0 Å². The summed E-state index contributed by atoms with van der Waals surface area (Å²) >= 11 is 0. The minimum Gasteiger partial charge on any atom is -0.382 e. The van der Waals surface area contributed by atoms with Gasteiger partial charge < -0.3 is 15.5 Å². The topological polar surface area (TPSA) is 50.3 Å². The second-order valence-corrected chi connectivity index (χ2v) is 5.50. The smallest absolute Gasteiger partial charge is 0.145 e. The first-order valence-electron chi connectivity index (χ1n) is 7.40. The third-order valence-corrected chi connectivity index (χ3v) is 4.19. The maximum absolute atomic E-state index is 5.61. The van der Waals surface area contributed by atoms with Crippen LogP contribution >= 0.6 is 0 Å². The highest BCUT2D eigenvalue weighted by Gasteiger charge is 2.20. The quantitative estimate of drug-likeness (QED) is 0.841. The number of likely N-dealkylation sites (tertiary alicyclic amines) is 1. The summed E-state index contributed by atoms with van der Waals surface area (Å²) in [6.45, 7) is 8.03. The number of nitrogens with zero attached hydrogens (tertiary/aromatic N) is 4. The van der Waals surface area contributed by atoms with Gasteiger partial charge in [0.25, 0.3) is 0 Å². The van der Waals surface area contributed by atoms with Gasteiger partial charge in [-0.2, -0.15) is 5.10 Å². The molecule has 1 aromatic heterocycles. The van der Waals surface area contributed by atoms with Crippen molar-refractivity contribution in [3.8, 4) is 0 Å². The van der Waals surface area contributed by atoms with Gasteiger partial charge in [0.15, 0.2) is 0 Å². The highest BCUT2D eigenvalue weighted by Crippen LogP contribution is 2.15. The molecule has 0 spiro atoms. The Morgan fingerprint density at radius 1 is 1.42 bits per heavy atom. The molecule has 5 heteroatoms. The molecule has 5 nitrogen and oxygen atoms in total. The van der Waals surface area contributed by atoms with Gasteiger partial charge in [-0.25, -0.2) is 0 Å². The van der Waals surface area contributed by atoms with Crippen LogP contribution in [0.1, 0.15) is 26.2 Å². The van der Waals surface area contributed by atoms with Crippen LogP contribution in [-0.4, -0.2) is 58.8 Å². The summed E-state index contributed by atoms with van der Waals surface area (Å²) in [5, 5.41) is 4.21. The third-order valence-electron chi connectivity index (χ3n) is 4.19. The summed E-state index contributed by atoms with van der Waals surface area (Å²) in [6, 6.07) is 2.61. The predicted octanol–water partition coefficient (Wildman–Crippen LogP) is 1.27. The van der Waals surface area contributed by atoms with E-state index in [1.54, 1.807) is 0 Å². The summed E-state index contributed by atoms with van der Waals surface area (Å²) in [4.78, 5) is 5.05. The fourth-order valence-electron chi connectivity index (χ4n) is 2.84. The van der Waals surface area contributed by atoms with Crippen molar-refractivity contribution in [2.45, 2.75) is 38.8 Å². The van der Waals surface area contributed by atoms with Gasteiger partial charge in [-0.1, -0.05) is 6.92 Å². The SMILES string of the molecule is CCN1CCC(N(C)CCCn2ccc(N)n2)CC1. The first-order chi connectivity index (χ1) is 9.19. The van der Waals surface area contributed by atoms with Gasteiger partial charge in [0.05, 0.1) is 0 Å². The molecule has 0 atom stereocenters. The van der Waals surface area contributed by atoms with E-state index < -0.39 is 0 Å². The minimum atomic E-state index is 0.611. The number of hydrogen-bond donors (Lipinski definition) is 1. The van der Waals surface area contributed by atoms with Crippen LogP contribution in [0.2, 0.25) is 0 Å². The summed E-state index contributed by atoms with van der Waals surface area (Å²) in [5.74, 6) is 0.611. The standard InChI is InChI=1S/C14H27N5/c1-3-18-10-5-13(6-11-18)17(2)8-4-9-19-12-7-14(15)16-19/h7,12-13H,3-6,8-11H2,1-2H3,(H2,15,16). The lowest BCUT2D eigenvalue weighted by Crippen LogP contribution is -2.43. The van der Waals surface area contributed by atoms with E-state index in [2.05, 4.69) is 28.9 Å². The van der Waals surface area contributed by atoms with Crippen LogP contribution in [0, 0.1) is 0 Å². The van der Waals surface area contributed by atoms with Crippen molar-refractivity contribution < 1.29 is 0 Å². The molecule has 2 N–H and O–H groups in total. The highest BCUT2D eigenvalue weighted by molar-refractivity contribution is 5.23. The lowest BCUT2D eigenvalue weighted by Gasteiger charge is -2.36. The van der Waals surface area contributed by atoms with Crippen molar-refractivity contribution in [3.63, 3.8) is 0 Å². The molecule has 0 bridgehead atoms. The van der Waals surface area contributed by atoms with Crippen LogP contribution < -0.4 is 5.73 Å². The third kappa shape index (κ3) is 4.21. The Morgan fingerprint density at radius 2 is 2.16 bits per heavy atom. The van der Waals surface area contributed by atoms with E-state index in [4.69, 9.17) is 5.73 Å². The fourth-order valence-corrected chi connectivity index (χ4v) is 2.84. The van der Waals surface area contributed by atoms with Gasteiger partial charge in [0.2, 0.25) is 0 Å². The summed E-state index contributed by atoms with van der Waals surface area (Å²) < 4.78 is 1.93. The molecule has 1 saturated heterocycles. The van der Waals surface area contributed by atoms with Gasteiger partial charge in [-0.15, -0.1) is 0 Å². The van der Waals surface area contributed by atoms with E-state index in [1.807, 2.05) is 16.9 Å². The molecule has 0 amide bonds. The first kappa shape index (κ1) is 14.3. The van der Waals surface area contributed by atoms with Crippen molar-refractivity contribution in [1.29, 1.82) is 0 Å². The van der Waals surface area contributed by atoms with Crippen LogP contribution in [0.4, 0.5) is 5.82 Å². The monoisotopic (exact) mass is 265 g/mol. The second kappa shape index (κ2) is 6.91. The maximum atomic E-state index is 5.61. The zero-order chi connectivity index (χ0) is 13.7. The van der Waals surface area contributed by atoms with Gasteiger partial charge in [-0.3, -0.25) is 4.68 Å². The zero-order valence-corrected chi connectivity index (χ0v) is 12.3. The van der Waals surface area contributed by atoms with Crippen LogP contribution in [0.5, 0.6) is 0 Å². The zero-order valence-electron chi connectivity index (χ0n) is 12.3. The molecule has 1 aliphatic rings. The molecule has 0 radical (unpaired) electrons. The average molecular weight is 265 g/mol. The van der Waals surface area contributed by atoms with Crippen molar-refractivity contribution >= 4 is 5.82 Å². The lowest BCUT2D eigenvalue weighted by molar-refractivity contribution is 0.129. The first-order valence-corrected chi connectivity index (χ1v) is 7.40. The second-order valence-electron chi connectivity index (χ2n) is 5.50. The minimum absolute atomic E-state index is 0.611. The number of rotatable bonds is 6. The van der Waals surface area contributed by atoms with Gasteiger partial charge in [-0.05, 0) is 58.6 Å². The Labute approximate surface area is 116 Å². The molecular formula is C14H27N5. The van der Waals surface area contributed by atoms with E-state index in [0.717, 1.165) is 25.6 Å². The van der Waals surface area contributed by atoms with Crippen molar-refractivity contribution in [2.24, 2.45) is 0 Å². The molecule has 1 aliphatic heterocycles. The molecule has 2 heterocycles. The number of nitrogens with two attached hydrogens (primary N) is 1. The van der Waals surface area contributed by atoms with Crippen LogP contribution in [0.15, 0.2) is 12.3 Å². The van der Waals surface area contributed by atoms with Crippen molar-refractivity contribution in [1.82, 2.24) is 19.6 Å². The van der Waals surface area contributed by atoms with Crippen molar-refractivity contribution in [2.75, 3.05) is 39.0 Å². The molecule has 0 saturated carbocycles. The number of aryl methyl sites for hydroxylation is 1. The number of hydrogen-bond acceptors (Lipinski definition) is 4. The Hall–Kier alpha value is -1.07. The summed E-state index contributed by atoms with van der Waals surface area (Å²) in [6.07, 6.45) is 5.69. The van der Waals surface area contributed by atoms with Gasteiger partial charge in [0, 0.05) is 18.8 Å². The molecule has 1 fully saturated rings. The highest BCUT2D eigenvalue weighted by atomic mass is 15.3. The molecule has 0 aliphatic carbocycles. The Kier molecular flexibility index (Phi) is 5.22. The van der Waals surface area contributed by atoms with E-state index in [9.17, 15) is 0 Å². The number of piperidine rings is 1. The predicted molar refractivity (Wildman–Crippen MR) is 79.0 cm³/mol. The Morgan fingerprint density at radius 3 is 2.74 bits per heavy atom. The van der Waals surface area contributed by atoms with E-state index in [0.29, 0.717) is 5.82 Å². The summed E-state index contributed by atoms with van der Waals surface area (Å²) in [5.41, 5.74) is 5.61. The van der Waals surface area contributed by atoms with Gasteiger partial charge >= 0.3 is 0 Å². The molecule has 108 valence electrons. The fraction of sp³-hybridized carbons (Fsp3) is 0.786. The molecule has 0 aromatic carbocycles. The number of nitrogen functional groups attached to an aromatic ring is 1. The summed E-state index contributed by atoms with van der Waals surface area (Å²) in [7, 11) is 2.25. The molecular weight excluding hydrogens is 238 g/mol. The largest absolute Gasteiger partial charge is 0.382 e. The van der Waals surface area contributed by atoms with Crippen LogP contribution in [-0.2, 0) is 6.54 Å². The number of anilines is 1.